The molecule has 86 valence electrons. The van der Waals surface area contributed by atoms with E-state index in [4.69, 9.17) is 5.11 Å². The third kappa shape index (κ3) is 3.69. The summed E-state index contributed by atoms with van der Waals surface area (Å²) in [4.78, 5) is 2.35. The molecule has 0 atom stereocenters. The summed E-state index contributed by atoms with van der Waals surface area (Å²) in [5.74, 6) is 5.69. The van der Waals surface area contributed by atoms with Gasteiger partial charge in [0.2, 0.25) is 0 Å². The van der Waals surface area contributed by atoms with Gasteiger partial charge in [0.15, 0.2) is 0 Å². The van der Waals surface area contributed by atoms with E-state index in [1.807, 2.05) is 18.2 Å². The summed E-state index contributed by atoms with van der Waals surface area (Å²) >= 11 is 0. The monoisotopic (exact) mass is 217 g/mol. The Labute approximate surface area is 97.9 Å². The van der Waals surface area contributed by atoms with Gasteiger partial charge in [-0.25, -0.2) is 0 Å². The van der Waals surface area contributed by atoms with Gasteiger partial charge in [-0.2, -0.15) is 0 Å². The zero-order valence-corrected chi connectivity index (χ0v) is 10.0. The Kier molecular flexibility index (Phi) is 5.63. The molecular formula is C14H19NO. The van der Waals surface area contributed by atoms with Crippen LogP contribution in [0.15, 0.2) is 24.3 Å². The van der Waals surface area contributed by atoms with E-state index in [1.54, 1.807) is 0 Å². The third-order valence-electron chi connectivity index (χ3n) is 2.61. The highest BCUT2D eigenvalue weighted by molar-refractivity contribution is 5.41. The average molecular weight is 217 g/mol. The fourth-order valence-corrected chi connectivity index (χ4v) is 1.60. The van der Waals surface area contributed by atoms with Crippen molar-refractivity contribution in [3.63, 3.8) is 0 Å². The first-order chi connectivity index (χ1) is 7.81. The molecule has 2 nitrogen and oxygen atoms in total. The van der Waals surface area contributed by atoms with E-state index in [9.17, 15) is 0 Å². The minimum Gasteiger partial charge on any atom is -0.384 e. The molecule has 1 N–H and O–H groups in total. The summed E-state index contributed by atoms with van der Waals surface area (Å²) in [6.45, 7) is 7.23. The van der Waals surface area contributed by atoms with Crippen LogP contribution in [0.3, 0.4) is 0 Å². The molecule has 0 aliphatic rings. The lowest BCUT2D eigenvalue weighted by molar-refractivity contribution is 0.295. The Bertz CT molecular complexity index is 372. The molecule has 0 aromatic heterocycles. The van der Waals surface area contributed by atoms with Crippen molar-refractivity contribution in [3.05, 3.63) is 35.4 Å². The first-order valence-electron chi connectivity index (χ1n) is 5.71. The van der Waals surface area contributed by atoms with Gasteiger partial charge in [-0.05, 0) is 24.7 Å². The van der Waals surface area contributed by atoms with Gasteiger partial charge in [-0.1, -0.05) is 43.9 Å². The largest absolute Gasteiger partial charge is 0.384 e. The maximum absolute atomic E-state index is 8.71. The highest BCUT2D eigenvalue weighted by atomic mass is 16.2. The van der Waals surface area contributed by atoms with Crippen molar-refractivity contribution in [1.82, 2.24) is 4.90 Å². The van der Waals surface area contributed by atoms with Gasteiger partial charge in [-0.15, -0.1) is 0 Å². The lowest BCUT2D eigenvalue weighted by atomic mass is 10.1. The van der Waals surface area contributed by atoms with Crippen molar-refractivity contribution in [2.75, 3.05) is 19.7 Å². The van der Waals surface area contributed by atoms with Gasteiger partial charge in [0.05, 0.1) is 0 Å². The van der Waals surface area contributed by atoms with Crippen molar-refractivity contribution < 1.29 is 5.11 Å². The van der Waals surface area contributed by atoms with Gasteiger partial charge in [0.1, 0.15) is 6.61 Å². The van der Waals surface area contributed by atoms with E-state index in [0.717, 1.165) is 25.2 Å². The molecule has 0 fully saturated rings. The van der Waals surface area contributed by atoms with Crippen LogP contribution in [0.2, 0.25) is 0 Å². The first kappa shape index (κ1) is 12.8. The van der Waals surface area contributed by atoms with Gasteiger partial charge in [0, 0.05) is 12.1 Å². The second-order valence-corrected chi connectivity index (χ2v) is 3.58. The van der Waals surface area contributed by atoms with Crippen LogP contribution >= 0.6 is 0 Å². The van der Waals surface area contributed by atoms with Crippen LogP contribution in [0.5, 0.6) is 0 Å². The molecule has 1 rings (SSSR count). The van der Waals surface area contributed by atoms with Crippen LogP contribution in [-0.2, 0) is 6.54 Å². The predicted molar refractivity (Wildman–Crippen MR) is 67.0 cm³/mol. The summed E-state index contributed by atoms with van der Waals surface area (Å²) in [6, 6.07) is 8.11. The summed E-state index contributed by atoms with van der Waals surface area (Å²) < 4.78 is 0. The number of aliphatic hydroxyl groups is 1. The lowest BCUT2D eigenvalue weighted by Crippen LogP contribution is -2.22. The Hall–Kier alpha value is -1.30. The maximum atomic E-state index is 8.71. The molecule has 0 radical (unpaired) electrons. The van der Waals surface area contributed by atoms with E-state index >= 15 is 0 Å². The second kappa shape index (κ2) is 7.05. The standard InChI is InChI=1S/C14H19NO/c1-3-15(4-2)12-14-9-6-5-8-13(14)10-7-11-16/h5-6,8-9,16H,3-4,11-12H2,1-2H3. The lowest BCUT2D eigenvalue weighted by Gasteiger charge is -2.18. The van der Waals surface area contributed by atoms with Crippen LogP contribution < -0.4 is 0 Å². The predicted octanol–water partition coefficient (Wildman–Crippen LogP) is 1.87. The maximum Gasteiger partial charge on any atom is 0.104 e. The average Bonchev–Trinajstić information content (AvgIpc) is 2.34. The van der Waals surface area contributed by atoms with Gasteiger partial charge in [-0.3, -0.25) is 4.90 Å². The zero-order valence-electron chi connectivity index (χ0n) is 10.0. The fraction of sp³-hybridized carbons (Fsp3) is 0.429. The van der Waals surface area contributed by atoms with Crippen LogP contribution in [0, 0.1) is 11.8 Å². The van der Waals surface area contributed by atoms with Crippen molar-refractivity contribution in [1.29, 1.82) is 0 Å². The topological polar surface area (TPSA) is 23.5 Å². The molecule has 0 spiro atoms. The Morgan fingerprint density at radius 3 is 2.50 bits per heavy atom. The Balaban J connectivity index is 2.86. The minimum absolute atomic E-state index is 0.0837. The molecule has 1 aromatic carbocycles. The van der Waals surface area contributed by atoms with E-state index in [0.29, 0.717) is 0 Å². The van der Waals surface area contributed by atoms with E-state index < -0.39 is 0 Å². The first-order valence-corrected chi connectivity index (χ1v) is 5.71. The normalized spacial score (nSPS) is 10.0. The minimum atomic E-state index is -0.0837. The molecule has 0 saturated heterocycles. The number of rotatable bonds is 4. The molecular weight excluding hydrogens is 198 g/mol. The van der Waals surface area contributed by atoms with Crippen LogP contribution in [-0.4, -0.2) is 29.7 Å². The summed E-state index contributed by atoms with van der Waals surface area (Å²) in [6.07, 6.45) is 0. The molecule has 0 amide bonds. The van der Waals surface area contributed by atoms with Crippen molar-refractivity contribution >= 4 is 0 Å². The molecule has 0 saturated carbocycles. The Morgan fingerprint density at radius 2 is 1.88 bits per heavy atom. The summed E-state index contributed by atoms with van der Waals surface area (Å²) in [7, 11) is 0. The van der Waals surface area contributed by atoms with Crippen molar-refractivity contribution in [2.24, 2.45) is 0 Å². The molecule has 0 bridgehead atoms. The quantitative estimate of drug-likeness (QED) is 0.778. The smallest absolute Gasteiger partial charge is 0.104 e. The molecule has 0 aliphatic heterocycles. The fourth-order valence-electron chi connectivity index (χ4n) is 1.60. The van der Waals surface area contributed by atoms with Gasteiger partial charge < -0.3 is 5.11 Å². The SMILES string of the molecule is CCN(CC)Cc1ccccc1C#CCO. The molecule has 0 unspecified atom stereocenters. The molecule has 2 heteroatoms. The number of hydrogen-bond donors (Lipinski definition) is 1. The number of aliphatic hydroxyl groups excluding tert-OH is 1. The number of benzene rings is 1. The molecule has 0 aliphatic carbocycles. The van der Waals surface area contributed by atoms with Crippen LogP contribution in [0.4, 0.5) is 0 Å². The van der Waals surface area contributed by atoms with Crippen molar-refractivity contribution in [3.8, 4) is 11.8 Å². The molecule has 16 heavy (non-hydrogen) atoms. The highest BCUT2D eigenvalue weighted by Gasteiger charge is 2.03. The number of hydrogen-bond acceptors (Lipinski definition) is 2. The van der Waals surface area contributed by atoms with E-state index in [1.165, 1.54) is 5.56 Å². The zero-order chi connectivity index (χ0) is 11.8. The van der Waals surface area contributed by atoms with Gasteiger partial charge >= 0.3 is 0 Å². The Morgan fingerprint density at radius 1 is 1.19 bits per heavy atom. The van der Waals surface area contributed by atoms with Gasteiger partial charge in [0.25, 0.3) is 0 Å². The van der Waals surface area contributed by atoms with Crippen molar-refractivity contribution in [2.45, 2.75) is 20.4 Å². The van der Waals surface area contributed by atoms with E-state index in [-0.39, 0.29) is 6.61 Å². The molecule has 0 heterocycles. The van der Waals surface area contributed by atoms with Crippen LogP contribution in [0.25, 0.3) is 0 Å². The third-order valence-corrected chi connectivity index (χ3v) is 2.61. The number of nitrogens with zero attached hydrogens (tertiary/aromatic N) is 1. The van der Waals surface area contributed by atoms with Crippen LogP contribution in [0.1, 0.15) is 25.0 Å². The molecule has 1 aromatic rings. The van der Waals surface area contributed by atoms with E-state index in [2.05, 4.69) is 36.7 Å². The second-order valence-electron chi connectivity index (χ2n) is 3.58. The summed E-state index contributed by atoms with van der Waals surface area (Å²) in [5.41, 5.74) is 2.25. The summed E-state index contributed by atoms with van der Waals surface area (Å²) in [5, 5.41) is 8.71. The highest BCUT2D eigenvalue weighted by Crippen LogP contribution is 2.10.